The lowest BCUT2D eigenvalue weighted by Gasteiger charge is -2.44. The number of carbonyl (C=O) groups excluding carboxylic acids is 1. The fourth-order valence-corrected chi connectivity index (χ4v) is 7.71. The van der Waals surface area contributed by atoms with Crippen LogP contribution in [0.15, 0.2) is 103 Å². The second-order valence-electron chi connectivity index (χ2n) is 15.4. The quantitative estimate of drug-likeness (QED) is 0.0695. The fraction of sp³-hybridized carbons (Fsp3) is 0.500. The van der Waals surface area contributed by atoms with Crippen LogP contribution in [0, 0.1) is 0 Å². The Morgan fingerprint density at radius 1 is 0.727 bits per heavy atom. The summed E-state index contributed by atoms with van der Waals surface area (Å²) in [6.07, 6.45) is 18.8. The lowest BCUT2D eigenvalue weighted by Crippen LogP contribution is -2.43. The topological polar surface area (TPSA) is 83.9 Å². The number of nitrogens with zero attached hydrogens (tertiary/aromatic N) is 2. The number of unbranched alkanes of at least 4 members (excludes halogenated alkanes) is 12. The van der Waals surface area contributed by atoms with Gasteiger partial charge in [-0.2, -0.15) is 0 Å². The van der Waals surface area contributed by atoms with Crippen LogP contribution in [-0.2, 0) is 27.3 Å². The third kappa shape index (κ3) is 14.3. The summed E-state index contributed by atoms with van der Waals surface area (Å²) < 4.78 is 13.9. The molecule has 0 saturated carbocycles. The van der Waals surface area contributed by atoms with Crippen molar-refractivity contribution in [1.82, 2.24) is 9.88 Å². The molecule has 296 valence electrons. The van der Waals surface area contributed by atoms with Crippen LogP contribution in [0.4, 0.5) is 5.69 Å². The van der Waals surface area contributed by atoms with Gasteiger partial charge in [0.05, 0.1) is 18.8 Å². The van der Waals surface area contributed by atoms with Crippen LogP contribution in [0.25, 0.3) is 0 Å². The predicted octanol–water partition coefficient (Wildman–Crippen LogP) is 11.1. The molecule has 1 aromatic heterocycles. The Labute approximate surface area is 330 Å². The van der Waals surface area contributed by atoms with Gasteiger partial charge in [0.2, 0.25) is 5.91 Å². The van der Waals surface area contributed by atoms with Gasteiger partial charge in [0.1, 0.15) is 0 Å². The molecule has 1 unspecified atom stereocenters. The molecule has 5 rings (SSSR count). The first-order valence-corrected chi connectivity index (χ1v) is 21.1. The molecular formula is C48H65N3O4. The van der Waals surface area contributed by atoms with E-state index >= 15 is 0 Å². The zero-order chi connectivity index (χ0) is 38.5. The Morgan fingerprint density at radius 2 is 1.38 bits per heavy atom. The number of hydrogen-bond donors (Lipinski definition) is 2. The van der Waals surface area contributed by atoms with E-state index in [9.17, 15) is 9.90 Å². The first-order chi connectivity index (χ1) is 27.0. The highest BCUT2D eigenvalue weighted by Crippen LogP contribution is 2.47. The van der Waals surface area contributed by atoms with Crippen LogP contribution in [0.1, 0.15) is 143 Å². The van der Waals surface area contributed by atoms with E-state index in [1.807, 2.05) is 60.8 Å². The molecule has 2 N–H and O–H groups in total. The molecule has 3 aromatic carbocycles. The number of aromatic nitrogens is 1. The van der Waals surface area contributed by atoms with Crippen molar-refractivity contribution in [3.8, 4) is 0 Å². The fourth-order valence-electron chi connectivity index (χ4n) is 7.71. The minimum Gasteiger partial charge on any atom is -0.392 e. The number of carbonyl (C=O) groups is 1. The summed E-state index contributed by atoms with van der Waals surface area (Å²) in [7, 11) is 2.14. The van der Waals surface area contributed by atoms with Crippen molar-refractivity contribution in [2.75, 3.05) is 25.5 Å². The summed E-state index contributed by atoms with van der Waals surface area (Å²) in [6, 6.07) is 32.5. The minimum atomic E-state index is -0.644. The summed E-state index contributed by atoms with van der Waals surface area (Å²) in [6.45, 7) is 3.78. The first-order valence-electron chi connectivity index (χ1n) is 21.1. The van der Waals surface area contributed by atoms with Crippen molar-refractivity contribution in [1.29, 1.82) is 0 Å². The van der Waals surface area contributed by atoms with Gasteiger partial charge in [0, 0.05) is 55.0 Å². The normalized spacial score (nSPS) is 18.4. The molecule has 55 heavy (non-hydrogen) atoms. The average molecular weight is 748 g/mol. The number of aliphatic hydroxyl groups is 1. The molecule has 4 atom stereocenters. The lowest BCUT2D eigenvalue weighted by molar-refractivity contribution is -0.263. The van der Waals surface area contributed by atoms with Crippen molar-refractivity contribution in [2.45, 2.75) is 134 Å². The number of amides is 1. The van der Waals surface area contributed by atoms with Crippen molar-refractivity contribution >= 4 is 11.6 Å². The van der Waals surface area contributed by atoms with E-state index < -0.39 is 6.29 Å². The number of benzene rings is 3. The van der Waals surface area contributed by atoms with Crippen molar-refractivity contribution in [3.05, 3.63) is 131 Å². The standard InChI is InChI=1S/C48H65N3O4/c1-3-4-5-6-7-8-9-10-11-12-13-14-18-27-45(53)50-43-26-21-24-41(35-43)48-54-44(36-51(2)34-32-42-25-19-20-33-49-42)46(39-22-16-15-17-23-39)47(55-48)40-30-28-38(37-52)29-31-40/h15-17,19-26,28-31,33,35,44,46-48,52H,3-14,18,27,32,34,36-37H2,1-2H3,(H,50,53)/t44-,46-,47+,48?/m1/s1. The van der Waals surface area contributed by atoms with Crippen LogP contribution < -0.4 is 5.32 Å². The maximum absolute atomic E-state index is 13.0. The number of pyridine rings is 1. The summed E-state index contributed by atoms with van der Waals surface area (Å²) in [5.41, 5.74) is 5.72. The molecule has 1 fully saturated rings. The smallest absolute Gasteiger partial charge is 0.224 e. The second-order valence-corrected chi connectivity index (χ2v) is 15.4. The molecule has 1 aliphatic heterocycles. The molecule has 0 spiro atoms. The van der Waals surface area contributed by atoms with E-state index in [-0.39, 0.29) is 30.6 Å². The van der Waals surface area contributed by atoms with Crippen LogP contribution in [-0.4, -0.2) is 47.1 Å². The van der Waals surface area contributed by atoms with E-state index in [4.69, 9.17) is 9.47 Å². The Morgan fingerprint density at radius 3 is 2.04 bits per heavy atom. The Bertz CT molecular complexity index is 1630. The third-order valence-corrected chi connectivity index (χ3v) is 10.9. The molecule has 1 saturated heterocycles. The van der Waals surface area contributed by atoms with E-state index in [0.29, 0.717) is 13.0 Å². The molecule has 2 heterocycles. The van der Waals surface area contributed by atoms with Gasteiger partial charge in [-0.05, 0) is 54.4 Å². The minimum absolute atomic E-state index is 0.0127. The number of nitrogens with one attached hydrogen (secondary N) is 1. The number of anilines is 1. The average Bonchev–Trinajstić information content (AvgIpc) is 3.22. The Kier molecular flexibility index (Phi) is 18.4. The van der Waals surface area contributed by atoms with Gasteiger partial charge in [0.15, 0.2) is 6.29 Å². The van der Waals surface area contributed by atoms with Crippen LogP contribution >= 0.6 is 0 Å². The summed E-state index contributed by atoms with van der Waals surface area (Å²) in [5.74, 6) is -0.0398. The molecule has 0 aliphatic carbocycles. The highest BCUT2D eigenvalue weighted by atomic mass is 16.7. The first kappa shape index (κ1) is 42.3. The van der Waals surface area contributed by atoms with E-state index in [2.05, 4.69) is 71.6 Å². The van der Waals surface area contributed by atoms with E-state index in [0.717, 1.165) is 59.4 Å². The number of hydrogen-bond acceptors (Lipinski definition) is 6. The Hall–Kier alpha value is -3.88. The molecule has 4 aromatic rings. The maximum atomic E-state index is 13.0. The van der Waals surface area contributed by atoms with E-state index in [1.165, 1.54) is 70.6 Å². The molecular weight excluding hydrogens is 683 g/mol. The highest BCUT2D eigenvalue weighted by molar-refractivity contribution is 5.90. The highest BCUT2D eigenvalue weighted by Gasteiger charge is 2.42. The largest absolute Gasteiger partial charge is 0.392 e. The summed E-state index contributed by atoms with van der Waals surface area (Å²) in [5, 5.41) is 12.9. The number of rotatable bonds is 24. The molecule has 7 heteroatoms. The van der Waals surface area contributed by atoms with Gasteiger partial charge in [-0.3, -0.25) is 9.78 Å². The van der Waals surface area contributed by atoms with Gasteiger partial charge in [-0.25, -0.2) is 0 Å². The van der Waals surface area contributed by atoms with Gasteiger partial charge in [-0.15, -0.1) is 0 Å². The van der Waals surface area contributed by atoms with Gasteiger partial charge >= 0.3 is 0 Å². The van der Waals surface area contributed by atoms with Crippen molar-refractivity contribution in [2.24, 2.45) is 0 Å². The molecule has 1 aliphatic rings. The van der Waals surface area contributed by atoms with Gasteiger partial charge in [-0.1, -0.05) is 157 Å². The molecule has 0 bridgehead atoms. The third-order valence-electron chi connectivity index (χ3n) is 10.9. The summed E-state index contributed by atoms with van der Waals surface area (Å²) >= 11 is 0. The van der Waals surface area contributed by atoms with Crippen molar-refractivity contribution in [3.63, 3.8) is 0 Å². The van der Waals surface area contributed by atoms with Crippen LogP contribution in [0.5, 0.6) is 0 Å². The zero-order valence-corrected chi connectivity index (χ0v) is 33.4. The lowest BCUT2D eigenvalue weighted by atomic mass is 9.83. The monoisotopic (exact) mass is 747 g/mol. The van der Waals surface area contributed by atoms with Crippen LogP contribution in [0.2, 0.25) is 0 Å². The number of likely N-dealkylation sites (N-methyl/N-ethyl adjacent to an activating group) is 1. The number of ether oxygens (including phenoxy) is 2. The van der Waals surface area contributed by atoms with Gasteiger partial charge in [0.25, 0.3) is 0 Å². The predicted molar refractivity (Wildman–Crippen MR) is 224 cm³/mol. The second kappa shape index (κ2) is 23.9. The molecule has 7 nitrogen and oxygen atoms in total. The van der Waals surface area contributed by atoms with E-state index in [1.54, 1.807) is 0 Å². The molecule has 0 radical (unpaired) electrons. The van der Waals surface area contributed by atoms with Gasteiger partial charge < -0.3 is 24.8 Å². The van der Waals surface area contributed by atoms with Crippen molar-refractivity contribution < 1.29 is 19.4 Å². The summed E-state index contributed by atoms with van der Waals surface area (Å²) in [4.78, 5) is 19.9. The Balaban J connectivity index is 1.20. The van der Waals surface area contributed by atoms with Crippen LogP contribution in [0.3, 0.4) is 0 Å². The number of aliphatic hydroxyl groups excluding tert-OH is 1. The maximum Gasteiger partial charge on any atom is 0.224 e. The molecule has 1 amide bonds. The zero-order valence-electron chi connectivity index (χ0n) is 33.4. The SMILES string of the molecule is CCCCCCCCCCCCCCCC(=O)Nc1cccc(C2O[C@H](CN(C)CCc3ccccn3)[C@@H](c3ccccc3)[C@H](c3ccc(CO)cc3)O2)c1.